The maximum Gasteiger partial charge on any atom is 0.00753 e. The van der Waals surface area contributed by atoms with Gasteiger partial charge in [-0.3, -0.25) is 0 Å². The Balaban J connectivity index is 3.36. The molecule has 0 amide bonds. The van der Waals surface area contributed by atoms with E-state index >= 15 is 0 Å². The van der Waals surface area contributed by atoms with Gasteiger partial charge in [0.15, 0.2) is 0 Å². The Morgan fingerprint density at radius 1 is 1.86 bits per heavy atom. The van der Waals surface area contributed by atoms with E-state index in [1.165, 1.54) is 0 Å². The summed E-state index contributed by atoms with van der Waals surface area (Å²) in [4.78, 5) is 0. The van der Waals surface area contributed by atoms with Crippen LogP contribution in [0.4, 0.5) is 0 Å². The number of rotatable bonds is 2. The van der Waals surface area contributed by atoms with Crippen LogP contribution in [0.15, 0.2) is 24.4 Å². The molecule has 1 heteroatoms. The molecule has 0 radical (unpaired) electrons. The van der Waals surface area contributed by atoms with E-state index in [2.05, 4.69) is 6.58 Å². The summed E-state index contributed by atoms with van der Waals surface area (Å²) in [6, 6.07) is 0. The van der Waals surface area contributed by atoms with Gasteiger partial charge in [-0.05, 0) is 6.92 Å². The molecule has 0 aromatic heterocycles. The van der Waals surface area contributed by atoms with E-state index in [4.69, 9.17) is 5.73 Å². The Bertz CT molecular complexity index is 82.2. The third-order valence-electron chi connectivity index (χ3n) is 0.751. The molecule has 0 bridgehead atoms. The van der Waals surface area contributed by atoms with Crippen LogP contribution in [0, 0.1) is 0 Å². The van der Waals surface area contributed by atoms with Crippen molar-refractivity contribution in [2.45, 2.75) is 13.3 Å². The second-order valence-corrected chi connectivity index (χ2v) is 1.36. The second kappa shape index (κ2) is 3.47. The smallest absolute Gasteiger partial charge is 0.00753 e. The Morgan fingerprint density at radius 3 is 2.57 bits per heavy atom. The highest BCUT2D eigenvalue weighted by atomic mass is 14.6. The van der Waals surface area contributed by atoms with Crippen molar-refractivity contribution in [2.24, 2.45) is 5.73 Å². The molecule has 0 saturated heterocycles. The molecule has 0 unspecified atom stereocenters. The van der Waals surface area contributed by atoms with E-state index in [1.807, 2.05) is 13.0 Å². The van der Waals surface area contributed by atoms with E-state index in [0.29, 0.717) is 0 Å². The zero-order valence-corrected chi connectivity index (χ0v) is 4.65. The van der Waals surface area contributed by atoms with Gasteiger partial charge in [0.25, 0.3) is 0 Å². The molecular weight excluding hydrogens is 86.1 g/mol. The molecule has 0 aliphatic carbocycles. The molecule has 40 valence electrons. The van der Waals surface area contributed by atoms with E-state index in [9.17, 15) is 0 Å². The lowest BCUT2D eigenvalue weighted by Crippen LogP contribution is -1.92. The number of allylic oxidation sites excluding steroid dienone is 2. The first-order chi connectivity index (χ1) is 3.31. The summed E-state index contributed by atoms with van der Waals surface area (Å²) in [5, 5.41) is 0. The van der Waals surface area contributed by atoms with Crippen molar-refractivity contribution in [1.82, 2.24) is 0 Å². The zero-order valence-electron chi connectivity index (χ0n) is 4.65. The lowest BCUT2D eigenvalue weighted by atomic mass is 10.3. The molecule has 0 aliphatic heterocycles. The van der Waals surface area contributed by atoms with Gasteiger partial charge in [0, 0.05) is 12.1 Å². The van der Waals surface area contributed by atoms with Crippen LogP contribution in [0.25, 0.3) is 0 Å². The molecule has 0 spiro atoms. The molecule has 1 nitrogen and oxygen atoms in total. The molecule has 0 fully saturated rings. The Kier molecular flexibility index (Phi) is 3.11. The molecule has 0 atom stereocenters. The predicted molar refractivity (Wildman–Crippen MR) is 32.8 cm³/mol. The fourth-order valence-corrected chi connectivity index (χ4v) is 0.285. The Hall–Kier alpha value is -0.720. The van der Waals surface area contributed by atoms with Crippen molar-refractivity contribution in [3.8, 4) is 0 Å². The van der Waals surface area contributed by atoms with Crippen molar-refractivity contribution in [3.63, 3.8) is 0 Å². The van der Waals surface area contributed by atoms with Crippen LogP contribution in [0.2, 0.25) is 0 Å². The summed E-state index contributed by atoms with van der Waals surface area (Å²) in [6.07, 6.45) is 4.47. The van der Waals surface area contributed by atoms with Crippen molar-refractivity contribution in [2.75, 3.05) is 0 Å². The average Bonchev–Trinajstić information content (AvgIpc) is 1.68. The minimum Gasteiger partial charge on any atom is -0.402 e. The summed E-state index contributed by atoms with van der Waals surface area (Å²) >= 11 is 0. The third-order valence-corrected chi connectivity index (χ3v) is 0.751. The van der Waals surface area contributed by atoms with Crippen LogP contribution in [0.3, 0.4) is 0 Å². The summed E-state index contributed by atoms with van der Waals surface area (Å²) < 4.78 is 0. The lowest BCUT2D eigenvalue weighted by molar-refractivity contribution is 1.16. The lowest BCUT2D eigenvalue weighted by Gasteiger charge is -1.88. The minimum atomic E-state index is 0.802. The van der Waals surface area contributed by atoms with Crippen molar-refractivity contribution in [3.05, 3.63) is 24.4 Å². The molecule has 2 N–H and O–H groups in total. The number of hydrogen-bond donors (Lipinski definition) is 1. The van der Waals surface area contributed by atoms with E-state index in [0.717, 1.165) is 12.1 Å². The summed E-state index contributed by atoms with van der Waals surface area (Å²) in [5.41, 5.74) is 6.26. The van der Waals surface area contributed by atoms with Crippen LogP contribution < -0.4 is 5.73 Å². The normalized spacial score (nSPS) is 11.3. The van der Waals surface area contributed by atoms with Gasteiger partial charge in [-0.2, -0.15) is 0 Å². The van der Waals surface area contributed by atoms with Crippen LogP contribution in [-0.2, 0) is 0 Å². The van der Waals surface area contributed by atoms with E-state index < -0.39 is 0 Å². The maximum absolute atomic E-state index is 5.37. The van der Waals surface area contributed by atoms with Crippen molar-refractivity contribution < 1.29 is 0 Å². The van der Waals surface area contributed by atoms with Crippen molar-refractivity contribution in [1.29, 1.82) is 0 Å². The van der Waals surface area contributed by atoms with Crippen LogP contribution in [-0.4, -0.2) is 0 Å². The molecular formula is C6H11N. The van der Waals surface area contributed by atoms with Gasteiger partial charge >= 0.3 is 0 Å². The van der Waals surface area contributed by atoms with Crippen LogP contribution in [0.5, 0.6) is 0 Å². The van der Waals surface area contributed by atoms with Gasteiger partial charge in [-0.1, -0.05) is 12.2 Å². The summed E-state index contributed by atoms with van der Waals surface area (Å²) in [6.45, 7) is 5.44. The highest BCUT2D eigenvalue weighted by molar-refractivity contribution is 4.98. The first-order valence-electron chi connectivity index (χ1n) is 2.32. The Morgan fingerprint density at radius 2 is 2.43 bits per heavy atom. The van der Waals surface area contributed by atoms with Gasteiger partial charge in [0.1, 0.15) is 0 Å². The van der Waals surface area contributed by atoms with Gasteiger partial charge in [0.2, 0.25) is 0 Å². The highest BCUT2D eigenvalue weighted by Gasteiger charge is 1.76. The second-order valence-electron chi connectivity index (χ2n) is 1.36. The molecule has 0 aliphatic rings. The van der Waals surface area contributed by atoms with Crippen LogP contribution >= 0.6 is 0 Å². The maximum atomic E-state index is 5.37. The predicted octanol–water partition coefficient (Wildman–Crippen LogP) is 1.43. The fourth-order valence-electron chi connectivity index (χ4n) is 0.285. The summed E-state index contributed by atoms with van der Waals surface area (Å²) in [5.74, 6) is 0. The average molecular weight is 97.2 g/mol. The van der Waals surface area contributed by atoms with Crippen molar-refractivity contribution >= 4 is 0 Å². The Labute approximate surface area is 44.5 Å². The standard InChI is InChI=1S/C6H11N/c1-3-5-6(7)4-2/h3-4H,1,5,7H2,2H3/b6-4+. The monoisotopic (exact) mass is 97.1 g/mol. The molecule has 0 heterocycles. The highest BCUT2D eigenvalue weighted by Crippen LogP contribution is 1.89. The molecule has 0 aromatic rings. The van der Waals surface area contributed by atoms with Crippen LogP contribution in [0.1, 0.15) is 13.3 Å². The van der Waals surface area contributed by atoms with E-state index in [1.54, 1.807) is 6.08 Å². The zero-order chi connectivity index (χ0) is 5.70. The van der Waals surface area contributed by atoms with Gasteiger partial charge in [0.05, 0.1) is 0 Å². The fraction of sp³-hybridized carbons (Fsp3) is 0.333. The molecule has 7 heavy (non-hydrogen) atoms. The quantitative estimate of drug-likeness (QED) is 0.518. The first-order valence-corrected chi connectivity index (χ1v) is 2.32. The number of hydrogen-bond acceptors (Lipinski definition) is 1. The minimum absolute atomic E-state index is 0.802. The third kappa shape index (κ3) is 3.10. The topological polar surface area (TPSA) is 26.0 Å². The van der Waals surface area contributed by atoms with E-state index in [-0.39, 0.29) is 0 Å². The molecule has 0 rings (SSSR count). The van der Waals surface area contributed by atoms with Gasteiger partial charge in [-0.25, -0.2) is 0 Å². The molecule has 0 aromatic carbocycles. The van der Waals surface area contributed by atoms with Gasteiger partial charge in [-0.15, -0.1) is 6.58 Å². The van der Waals surface area contributed by atoms with Gasteiger partial charge < -0.3 is 5.73 Å². The summed E-state index contributed by atoms with van der Waals surface area (Å²) in [7, 11) is 0. The molecule has 0 saturated carbocycles. The SMILES string of the molecule is C=CC/C(N)=C\C. The number of nitrogens with two attached hydrogens (primary N) is 1. The first kappa shape index (κ1) is 6.28. The largest absolute Gasteiger partial charge is 0.402 e.